The Morgan fingerprint density at radius 1 is 1.17 bits per heavy atom. The molecule has 1 amide bonds. The fourth-order valence-electron chi connectivity index (χ4n) is 2.90. The number of carbonyl (C=O) groups excluding carboxylic acids is 1. The summed E-state index contributed by atoms with van der Waals surface area (Å²) in [5.41, 5.74) is 8.53. The zero-order valence-electron chi connectivity index (χ0n) is 12.6. The van der Waals surface area contributed by atoms with Gasteiger partial charge in [0.15, 0.2) is 0 Å². The van der Waals surface area contributed by atoms with Crippen LogP contribution < -0.4 is 11.1 Å². The van der Waals surface area contributed by atoms with Crippen LogP contribution in [0.3, 0.4) is 0 Å². The Bertz CT molecular complexity index is 750. The van der Waals surface area contributed by atoms with Gasteiger partial charge in [0.1, 0.15) is 5.00 Å². The highest BCUT2D eigenvalue weighted by Gasteiger charge is 2.23. The summed E-state index contributed by atoms with van der Waals surface area (Å²) < 4.78 is 0. The van der Waals surface area contributed by atoms with Gasteiger partial charge in [0.25, 0.3) is 5.91 Å². The van der Waals surface area contributed by atoms with Gasteiger partial charge in [-0.05, 0) is 48.9 Å². The van der Waals surface area contributed by atoms with Crippen LogP contribution in [0.4, 0.5) is 5.00 Å². The van der Waals surface area contributed by atoms with Crippen molar-refractivity contribution in [2.75, 3.05) is 5.32 Å². The van der Waals surface area contributed by atoms with Crippen LogP contribution in [0.1, 0.15) is 49.6 Å². The summed E-state index contributed by atoms with van der Waals surface area (Å²) in [7, 11) is 0. The fourth-order valence-corrected chi connectivity index (χ4v) is 4.19. The topological polar surface area (TPSA) is 92.4 Å². The minimum absolute atomic E-state index is 0.262. The molecule has 0 saturated heterocycles. The Hall–Kier alpha value is -2.34. The van der Waals surface area contributed by atoms with E-state index in [1.54, 1.807) is 35.6 Å². The number of thiophene rings is 1. The second-order valence-corrected chi connectivity index (χ2v) is 6.74. The highest BCUT2D eigenvalue weighted by Crippen LogP contribution is 2.38. The molecule has 0 radical (unpaired) electrons. The van der Waals surface area contributed by atoms with Crippen molar-refractivity contribution in [3.8, 4) is 0 Å². The Morgan fingerprint density at radius 2 is 1.87 bits per heavy atom. The number of amides is 1. The number of nitrogens with one attached hydrogen (secondary N) is 1. The third-order valence-corrected chi connectivity index (χ3v) is 5.32. The minimum atomic E-state index is -0.938. The average molecular weight is 330 g/mol. The molecule has 0 aliphatic heterocycles. The van der Waals surface area contributed by atoms with Crippen molar-refractivity contribution in [3.05, 3.63) is 51.4 Å². The number of carboxylic acids is 1. The van der Waals surface area contributed by atoms with Gasteiger partial charge in [0, 0.05) is 11.4 Å². The molecule has 3 rings (SSSR count). The first-order valence-corrected chi connectivity index (χ1v) is 8.38. The van der Waals surface area contributed by atoms with E-state index in [0.717, 1.165) is 41.8 Å². The zero-order valence-corrected chi connectivity index (χ0v) is 13.4. The molecular formula is C17H18N2O3S. The van der Waals surface area contributed by atoms with Crippen molar-refractivity contribution in [3.63, 3.8) is 0 Å². The molecule has 120 valence electrons. The second-order valence-electron chi connectivity index (χ2n) is 5.63. The largest absolute Gasteiger partial charge is 0.478 e. The van der Waals surface area contributed by atoms with Crippen molar-refractivity contribution in [1.82, 2.24) is 0 Å². The number of benzene rings is 1. The van der Waals surface area contributed by atoms with Gasteiger partial charge in [-0.1, -0.05) is 12.1 Å². The maximum Gasteiger partial charge on any atom is 0.335 e. The zero-order chi connectivity index (χ0) is 16.4. The van der Waals surface area contributed by atoms with Crippen LogP contribution in [-0.2, 0) is 19.4 Å². The lowest BCUT2D eigenvalue weighted by Gasteiger charge is -2.11. The van der Waals surface area contributed by atoms with Crippen LogP contribution in [0.25, 0.3) is 0 Å². The highest BCUT2D eigenvalue weighted by molar-refractivity contribution is 7.16. The van der Waals surface area contributed by atoms with Crippen molar-refractivity contribution >= 4 is 28.2 Å². The molecule has 2 aromatic rings. The van der Waals surface area contributed by atoms with Crippen molar-refractivity contribution in [1.29, 1.82) is 0 Å². The molecule has 0 unspecified atom stereocenters. The molecule has 1 aliphatic rings. The summed E-state index contributed by atoms with van der Waals surface area (Å²) in [6.45, 7) is 0.527. The van der Waals surface area contributed by atoms with Gasteiger partial charge in [-0.15, -0.1) is 11.3 Å². The van der Waals surface area contributed by atoms with Crippen LogP contribution >= 0.6 is 11.3 Å². The number of aromatic carboxylic acids is 1. The van der Waals surface area contributed by atoms with Gasteiger partial charge in [0.2, 0.25) is 0 Å². The van der Waals surface area contributed by atoms with E-state index in [0.29, 0.717) is 12.1 Å². The quantitative estimate of drug-likeness (QED) is 0.785. The molecule has 6 heteroatoms. The third kappa shape index (κ3) is 3.22. The summed E-state index contributed by atoms with van der Waals surface area (Å²) in [6.07, 6.45) is 4.18. The molecule has 1 heterocycles. The second kappa shape index (κ2) is 6.42. The maximum atomic E-state index is 11.8. The van der Waals surface area contributed by atoms with Gasteiger partial charge in [-0.3, -0.25) is 4.79 Å². The van der Waals surface area contributed by atoms with Crippen LogP contribution in [0.5, 0.6) is 0 Å². The molecule has 5 nitrogen and oxygen atoms in total. The van der Waals surface area contributed by atoms with Gasteiger partial charge >= 0.3 is 5.97 Å². The first-order valence-electron chi connectivity index (χ1n) is 7.56. The van der Waals surface area contributed by atoms with Crippen molar-refractivity contribution in [2.45, 2.75) is 32.2 Å². The molecule has 0 spiro atoms. The standard InChI is InChI=1S/C17H18N2O3S/c18-15(20)14-12-3-1-2-4-13(12)23-16(14)19-9-10-5-7-11(8-6-10)17(21)22/h5-8,19H,1-4,9H2,(H2,18,20)(H,21,22). The summed E-state index contributed by atoms with van der Waals surface area (Å²) >= 11 is 1.61. The number of aryl methyl sites for hydroxylation is 1. The molecule has 1 aromatic heterocycles. The van der Waals surface area contributed by atoms with Crippen LogP contribution in [-0.4, -0.2) is 17.0 Å². The number of hydrogen-bond donors (Lipinski definition) is 3. The summed E-state index contributed by atoms with van der Waals surface area (Å²) in [4.78, 5) is 23.9. The molecule has 1 aromatic carbocycles. The fraction of sp³-hybridized carbons (Fsp3) is 0.294. The first kappa shape index (κ1) is 15.6. The lowest BCUT2D eigenvalue weighted by Crippen LogP contribution is -2.16. The van der Waals surface area contributed by atoms with Crippen molar-refractivity contribution in [2.24, 2.45) is 5.73 Å². The molecule has 23 heavy (non-hydrogen) atoms. The van der Waals surface area contributed by atoms with Crippen molar-refractivity contribution < 1.29 is 14.7 Å². The van der Waals surface area contributed by atoms with E-state index >= 15 is 0 Å². The van der Waals surface area contributed by atoms with Gasteiger partial charge in [-0.2, -0.15) is 0 Å². The lowest BCUT2D eigenvalue weighted by atomic mass is 9.95. The Balaban J connectivity index is 1.79. The SMILES string of the molecule is NC(=O)c1c(NCc2ccc(C(=O)O)cc2)sc2c1CCCC2. The average Bonchev–Trinajstić information content (AvgIpc) is 2.91. The molecular weight excluding hydrogens is 312 g/mol. The van der Waals surface area contributed by atoms with Gasteiger partial charge < -0.3 is 16.2 Å². The molecule has 0 atom stereocenters. The number of hydrogen-bond acceptors (Lipinski definition) is 4. The van der Waals surface area contributed by atoms with E-state index in [9.17, 15) is 9.59 Å². The molecule has 1 aliphatic carbocycles. The van der Waals surface area contributed by atoms with E-state index < -0.39 is 5.97 Å². The molecule has 0 fully saturated rings. The molecule has 0 saturated carbocycles. The summed E-state index contributed by atoms with van der Waals surface area (Å²) in [5, 5.41) is 13.0. The van der Waals surface area contributed by atoms with E-state index in [1.165, 1.54) is 4.88 Å². The van der Waals surface area contributed by atoms with E-state index in [1.807, 2.05) is 0 Å². The van der Waals surface area contributed by atoms with Gasteiger partial charge in [-0.25, -0.2) is 4.79 Å². The molecule has 0 bridgehead atoms. The number of anilines is 1. The Morgan fingerprint density at radius 3 is 2.52 bits per heavy atom. The highest BCUT2D eigenvalue weighted by atomic mass is 32.1. The maximum absolute atomic E-state index is 11.8. The smallest absolute Gasteiger partial charge is 0.335 e. The Labute approximate surface area is 138 Å². The number of fused-ring (bicyclic) bond motifs is 1. The monoisotopic (exact) mass is 330 g/mol. The predicted octanol–water partition coefficient (Wildman–Crippen LogP) is 3.04. The number of carboxylic acid groups (broad SMARTS) is 1. The number of carbonyl (C=O) groups is 2. The Kier molecular flexibility index (Phi) is 4.34. The van der Waals surface area contributed by atoms with E-state index in [4.69, 9.17) is 10.8 Å². The number of rotatable bonds is 5. The van der Waals surface area contributed by atoms with E-state index in [2.05, 4.69) is 5.32 Å². The third-order valence-electron chi connectivity index (χ3n) is 4.07. The normalized spacial score (nSPS) is 13.4. The van der Waals surface area contributed by atoms with Crippen LogP contribution in [0.15, 0.2) is 24.3 Å². The molecule has 4 N–H and O–H groups in total. The minimum Gasteiger partial charge on any atom is -0.478 e. The summed E-state index contributed by atoms with van der Waals surface area (Å²) in [6, 6.07) is 6.70. The van der Waals surface area contributed by atoms with Gasteiger partial charge in [0.05, 0.1) is 11.1 Å². The number of primary amides is 1. The van der Waals surface area contributed by atoms with E-state index in [-0.39, 0.29) is 11.5 Å². The number of nitrogens with two attached hydrogens (primary N) is 1. The lowest BCUT2D eigenvalue weighted by molar-refractivity contribution is 0.0696. The predicted molar refractivity (Wildman–Crippen MR) is 90.2 cm³/mol. The summed E-state index contributed by atoms with van der Waals surface area (Å²) in [5.74, 6) is -1.32. The first-order chi connectivity index (χ1) is 11.1. The van der Waals surface area contributed by atoms with Crippen LogP contribution in [0, 0.1) is 0 Å². The van der Waals surface area contributed by atoms with Crippen LogP contribution in [0.2, 0.25) is 0 Å².